The van der Waals surface area contributed by atoms with Crippen LogP contribution in [0.4, 0.5) is 11.5 Å². The van der Waals surface area contributed by atoms with Crippen LogP contribution in [-0.2, 0) is 0 Å². The number of carbonyl (C=O) groups excluding carboxylic acids is 1. The highest BCUT2D eigenvalue weighted by atomic mass is 35.5. The number of hydrogen-bond donors (Lipinski definition) is 2. The number of rotatable bonds is 4. The number of nitrogens with two attached hydrogens (primary N) is 1. The topological polar surface area (TPSA) is 113 Å². The monoisotopic (exact) mass is 471 g/mol. The lowest BCUT2D eigenvalue weighted by molar-refractivity contribution is 0.0665. The van der Waals surface area contributed by atoms with Crippen molar-refractivity contribution in [3.63, 3.8) is 0 Å². The maximum Gasteiger partial charge on any atom is 0.336 e. The summed E-state index contributed by atoms with van der Waals surface area (Å²) in [6.07, 6.45) is 4.16. The van der Waals surface area contributed by atoms with Crippen molar-refractivity contribution in [2.45, 2.75) is 6.04 Å². The van der Waals surface area contributed by atoms with Crippen LogP contribution in [0.3, 0.4) is 0 Å². The molecule has 32 heavy (non-hydrogen) atoms. The fraction of sp³-hybridized carbons (Fsp3) is 0.182. The summed E-state index contributed by atoms with van der Waals surface area (Å²) in [5.74, 6) is -1.01. The lowest BCUT2D eigenvalue weighted by Crippen LogP contribution is -2.51. The van der Waals surface area contributed by atoms with Gasteiger partial charge in [-0.15, -0.1) is 0 Å². The fourth-order valence-corrected chi connectivity index (χ4v) is 4.09. The fourth-order valence-electron chi connectivity index (χ4n) is 3.80. The quantitative estimate of drug-likeness (QED) is 0.595. The first-order valence-corrected chi connectivity index (χ1v) is 10.5. The molecule has 1 aromatic carbocycles. The summed E-state index contributed by atoms with van der Waals surface area (Å²) >= 11 is 12.1. The van der Waals surface area contributed by atoms with E-state index in [9.17, 15) is 14.7 Å². The van der Waals surface area contributed by atoms with Gasteiger partial charge >= 0.3 is 5.97 Å². The molecule has 3 N–H and O–H groups in total. The number of amides is 1. The van der Waals surface area contributed by atoms with Crippen LogP contribution >= 0.6 is 23.2 Å². The van der Waals surface area contributed by atoms with E-state index in [1.165, 1.54) is 24.7 Å². The van der Waals surface area contributed by atoms with Crippen LogP contribution in [-0.4, -0.2) is 51.5 Å². The number of anilines is 2. The lowest BCUT2D eigenvalue weighted by Gasteiger charge is -2.42. The third kappa shape index (κ3) is 4.32. The molecule has 1 aliphatic heterocycles. The number of carboxylic acids is 1. The van der Waals surface area contributed by atoms with Gasteiger partial charge in [-0.1, -0.05) is 35.3 Å². The highest BCUT2D eigenvalue weighted by Gasteiger charge is 2.34. The van der Waals surface area contributed by atoms with Gasteiger partial charge in [0, 0.05) is 43.2 Å². The van der Waals surface area contributed by atoms with E-state index in [0.29, 0.717) is 34.6 Å². The Labute approximate surface area is 194 Å². The molecule has 0 saturated carbocycles. The number of hydrogen-bond acceptors (Lipinski definition) is 6. The molecule has 3 heterocycles. The SMILES string of the molecule is Nc1cc(Cl)cnc1N1CCN(C(=O)c2cnccc2C(=O)O)CC1c1ccc(Cl)cc1. The van der Waals surface area contributed by atoms with E-state index in [4.69, 9.17) is 28.9 Å². The van der Waals surface area contributed by atoms with E-state index in [-0.39, 0.29) is 23.7 Å². The summed E-state index contributed by atoms with van der Waals surface area (Å²) in [5, 5.41) is 10.5. The van der Waals surface area contributed by atoms with Crippen LogP contribution in [0.15, 0.2) is 55.0 Å². The van der Waals surface area contributed by atoms with Gasteiger partial charge in [-0.2, -0.15) is 0 Å². The molecule has 8 nitrogen and oxygen atoms in total. The summed E-state index contributed by atoms with van der Waals surface area (Å²) in [6, 6.07) is 9.98. The Kier molecular flexibility index (Phi) is 6.16. The van der Waals surface area contributed by atoms with E-state index in [2.05, 4.69) is 9.97 Å². The first kappa shape index (κ1) is 21.9. The van der Waals surface area contributed by atoms with Crippen molar-refractivity contribution in [3.8, 4) is 0 Å². The molecule has 10 heteroatoms. The van der Waals surface area contributed by atoms with Crippen LogP contribution in [0, 0.1) is 0 Å². The molecule has 0 bridgehead atoms. The highest BCUT2D eigenvalue weighted by Crippen LogP contribution is 2.34. The normalized spacial score (nSPS) is 16.1. The van der Waals surface area contributed by atoms with Crippen LogP contribution in [0.1, 0.15) is 32.3 Å². The van der Waals surface area contributed by atoms with Gasteiger partial charge in [0.2, 0.25) is 0 Å². The average molecular weight is 472 g/mol. The Balaban J connectivity index is 1.70. The van der Waals surface area contributed by atoms with Gasteiger partial charge in [-0.05, 0) is 29.8 Å². The van der Waals surface area contributed by atoms with Crippen molar-refractivity contribution < 1.29 is 14.7 Å². The summed E-state index contributed by atoms with van der Waals surface area (Å²) < 4.78 is 0. The molecule has 1 unspecified atom stereocenters. The predicted octanol–water partition coefficient (Wildman–Crippen LogP) is 3.77. The number of aromatic nitrogens is 2. The second kappa shape index (κ2) is 9.02. The summed E-state index contributed by atoms with van der Waals surface area (Å²) in [5.41, 5.74) is 7.49. The lowest BCUT2D eigenvalue weighted by atomic mass is 10.0. The largest absolute Gasteiger partial charge is 0.478 e. The Morgan fingerprint density at radius 3 is 2.47 bits per heavy atom. The maximum atomic E-state index is 13.2. The molecule has 1 atom stereocenters. The molecule has 0 aliphatic carbocycles. The Morgan fingerprint density at radius 1 is 1.03 bits per heavy atom. The van der Waals surface area contributed by atoms with Gasteiger partial charge in [0.25, 0.3) is 5.91 Å². The summed E-state index contributed by atoms with van der Waals surface area (Å²) in [7, 11) is 0. The molecular formula is C22H19Cl2N5O3. The van der Waals surface area contributed by atoms with Crippen LogP contribution in [0.25, 0.3) is 0 Å². The molecule has 0 radical (unpaired) electrons. The van der Waals surface area contributed by atoms with Gasteiger partial charge in [0.15, 0.2) is 5.82 Å². The second-order valence-electron chi connectivity index (χ2n) is 7.30. The van der Waals surface area contributed by atoms with Crippen LogP contribution in [0.2, 0.25) is 10.0 Å². The molecule has 164 valence electrons. The Hall–Kier alpha value is -3.36. The summed E-state index contributed by atoms with van der Waals surface area (Å²) in [4.78, 5) is 36.8. The van der Waals surface area contributed by atoms with Gasteiger partial charge in [0.1, 0.15) is 0 Å². The van der Waals surface area contributed by atoms with Crippen LogP contribution in [0.5, 0.6) is 0 Å². The van der Waals surface area contributed by atoms with Gasteiger partial charge in [-0.3, -0.25) is 9.78 Å². The molecule has 1 amide bonds. The average Bonchev–Trinajstić information content (AvgIpc) is 2.79. The van der Waals surface area contributed by atoms with E-state index in [0.717, 1.165) is 5.56 Å². The standard InChI is InChI=1S/C22H19Cl2N5O3/c23-14-3-1-13(2-4-14)19-12-28(21(30)17-11-26-6-5-16(17)22(31)32)7-8-29(19)20-18(25)9-15(24)10-27-20/h1-6,9-11,19H,7-8,12,25H2,(H,31,32). The van der Waals surface area contributed by atoms with Crippen molar-refractivity contribution in [1.29, 1.82) is 0 Å². The minimum Gasteiger partial charge on any atom is -0.478 e. The predicted molar refractivity (Wildman–Crippen MR) is 122 cm³/mol. The number of carboxylic acid groups (broad SMARTS) is 1. The van der Waals surface area contributed by atoms with Crippen molar-refractivity contribution in [1.82, 2.24) is 14.9 Å². The third-order valence-corrected chi connectivity index (χ3v) is 5.80. The van der Waals surface area contributed by atoms with Crippen molar-refractivity contribution in [2.24, 2.45) is 0 Å². The molecule has 1 saturated heterocycles. The zero-order valence-corrected chi connectivity index (χ0v) is 18.3. The van der Waals surface area contributed by atoms with Crippen molar-refractivity contribution >= 4 is 46.6 Å². The number of pyridine rings is 2. The van der Waals surface area contributed by atoms with E-state index < -0.39 is 11.9 Å². The minimum atomic E-state index is -1.18. The number of piperazine rings is 1. The molecule has 4 rings (SSSR count). The molecule has 1 fully saturated rings. The molecular weight excluding hydrogens is 453 g/mol. The molecule has 3 aromatic rings. The van der Waals surface area contributed by atoms with Crippen LogP contribution < -0.4 is 10.6 Å². The number of aromatic carboxylic acids is 1. The first-order valence-electron chi connectivity index (χ1n) is 9.75. The van der Waals surface area contributed by atoms with Gasteiger partial charge in [-0.25, -0.2) is 9.78 Å². The maximum absolute atomic E-state index is 13.2. The number of nitrogen functional groups attached to an aromatic ring is 1. The van der Waals surface area contributed by atoms with E-state index in [1.54, 1.807) is 23.1 Å². The zero-order chi connectivity index (χ0) is 22.8. The van der Waals surface area contributed by atoms with Gasteiger partial charge < -0.3 is 20.6 Å². The molecule has 0 spiro atoms. The number of carbonyl (C=O) groups is 2. The van der Waals surface area contributed by atoms with E-state index in [1.807, 2.05) is 17.0 Å². The zero-order valence-electron chi connectivity index (χ0n) is 16.8. The Bertz CT molecular complexity index is 1170. The molecule has 2 aromatic heterocycles. The minimum absolute atomic E-state index is 0.0486. The third-order valence-electron chi connectivity index (χ3n) is 5.34. The first-order chi connectivity index (χ1) is 15.3. The van der Waals surface area contributed by atoms with Crippen molar-refractivity contribution in [2.75, 3.05) is 30.3 Å². The second-order valence-corrected chi connectivity index (χ2v) is 8.18. The van der Waals surface area contributed by atoms with E-state index >= 15 is 0 Å². The molecule has 1 aliphatic rings. The van der Waals surface area contributed by atoms with Gasteiger partial charge in [0.05, 0.1) is 27.9 Å². The Morgan fingerprint density at radius 2 is 1.78 bits per heavy atom. The number of nitrogens with zero attached hydrogens (tertiary/aromatic N) is 4. The summed E-state index contributed by atoms with van der Waals surface area (Å²) in [6.45, 7) is 1.07. The number of halogens is 2. The smallest absolute Gasteiger partial charge is 0.336 e. The van der Waals surface area contributed by atoms with Crippen molar-refractivity contribution in [3.05, 3.63) is 81.7 Å². The number of benzene rings is 1. The highest BCUT2D eigenvalue weighted by molar-refractivity contribution is 6.31.